The fraction of sp³-hybridized carbons (Fsp3) is 0.500. The van der Waals surface area contributed by atoms with Crippen LogP contribution in [0.4, 0.5) is 5.69 Å². The second-order valence-electron chi connectivity index (χ2n) is 5.23. The fourth-order valence-electron chi connectivity index (χ4n) is 3.34. The topological polar surface area (TPSA) is 35.8 Å². The Morgan fingerprint density at radius 3 is 2.82 bits per heavy atom. The van der Waals surface area contributed by atoms with Gasteiger partial charge in [-0.15, -0.1) is 0 Å². The molecule has 0 aliphatic heterocycles. The molecule has 1 aromatic rings. The van der Waals surface area contributed by atoms with Crippen molar-refractivity contribution in [2.24, 2.45) is 11.8 Å². The molecule has 3 atom stereocenters. The molecule has 0 heterocycles. The molecule has 17 heavy (non-hydrogen) atoms. The summed E-state index contributed by atoms with van der Waals surface area (Å²) in [5.41, 5.74) is 1.59. The minimum Gasteiger partial charge on any atom is -0.382 e. The maximum absolute atomic E-state index is 8.95. The first-order valence-corrected chi connectivity index (χ1v) is 6.60. The summed E-state index contributed by atoms with van der Waals surface area (Å²) in [7, 11) is 0. The van der Waals surface area contributed by atoms with Gasteiger partial charge in [-0.05, 0) is 49.3 Å². The summed E-state index contributed by atoms with van der Waals surface area (Å²) >= 11 is 5.93. The van der Waals surface area contributed by atoms with Gasteiger partial charge in [0.1, 0.15) is 6.07 Å². The van der Waals surface area contributed by atoms with E-state index in [1.165, 1.54) is 25.7 Å². The lowest BCUT2D eigenvalue weighted by molar-refractivity contribution is 0.440. The maximum Gasteiger partial charge on any atom is 0.101 e. The highest BCUT2D eigenvalue weighted by Gasteiger charge is 2.39. The van der Waals surface area contributed by atoms with Gasteiger partial charge in [0.05, 0.1) is 10.6 Å². The van der Waals surface area contributed by atoms with Crippen LogP contribution in [0.15, 0.2) is 18.2 Å². The summed E-state index contributed by atoms with van der Waals surface area (Å²) < 4.78 is 0. The van der Waals surface area contributed by atoms with Crippen LogP contribution >= 0.6 is 11.6 Å². The average molecular weight is 247 g/mol. The van der Waals surface area contributed by atoms with Gasteiger partial charge in [0.15, 0.2) is 0 Å². The predicted octanol–water partition coefficient (Wildman–Crippen LogP) is 3.81. The number of nitrogens with zero attached hydrogens (tertiary/aromatic N) is 1. The normalized spacial score (nSPS) is 30.2. The molecule has 2 nitrogen and oxygen atoms in total. The first-order valence-electron chi connectivity index (χ1n) is 6.22. The molecular formula is C14H15ClN2. The summed E-state index contributed by atoms with van der Waals surface area (Å²) in [5.74, 6) is 1.77. The Bertz CT molecular complexity index is 478. The van der Waals surface area contributed by atoms with E-state index in [-0.39, 0.29) is 0 Å². The Hall–Kier alpha value is -1.20. The number of nitrogens with one attached hydrogen (secondary N) is 1. The third-order valence-corrected chi connectivity index (χ3v) is 4.51. The molecule has 0 spiro atoms. The van der Waals surface area contributed by atoms with E-state index >= 15 is 0 Å². The smallest absolute Gasteiger partial charge is 0.101 e. The van der Waals surface area contributed by atoms with Crippen LogP contribution in [0.5, 0.6) is 0 Å². The van der Waals surface area contributed by atoms with Crippen molar-refractivity contribution in [3.8, 4) is 6.07 Å². The van der Waals surface area contributed by atoms with Gasteiger partial charge < -0.3 is 5.32 Å². The largest absolute Gasteiger partial charge is 0.382 e. The van der Waals surface area contributed by atoms with Crippen molar-refractivity contribution in [2.75, 3.05) is 5.32 Å². The molecule has 2 bridgehead atoms. The molecule has 88 valence electrons. The van der Waals surface area contributed by atoms with E-state index < -0.39 is 0 Å². The van der Waals surface area contributed by atoms with Gasteiger partial charge in [-0.2, -0.15) is 5.26 Å². The highest BCUT2D eigenvalue weighted by Crippen LogP contribution is 2.45. The van der Waals surface area contributed by atoms with Crippen LogP contribution in [-0.2, 0) is 0 Å². The molecule has 2 fully saturated rings. The predicted molar refractivity (Wildman–Crippen MR) is 69.0 cm³/mol. The van der Waals surface area contributed by atoms with Crippen LogP contribution < -0.4 is 5.32 Å². The zero-order chi connectivity index (χ0) is 11.8. The summed E-state index contributed by atoms with van der Waals surface area (Å²) in [4.78, 5) is 0. The molecule has 1 aromatic carbocycles. The van der Waals surface area contributed by atoms with Crippen LogP contribution in [0.25, 0.3) is 0 Å². The fourth-order valence-corrected chi connectivity index (χ4v) is 3.50. The highest BCUT2D eigenvalue weighted by molar-refractivity contribution is 6.31. The lowest BCUT2D eigenvalue weighted by atomic mass is 9.95. The number of hydrogen-bond acceptors (Lipinski definition) is 2. The quantitative estimate of drug-likeness (QED) is 0.861. The third-order valence-electron chi connectivity index (χ3n) is 4.18. The maximum atomic E-state index is 8.95. The van der Waals surface area contributed by atoms with Crippen molar-refractivity contribution in [3.05, 3.63) is 28.8 Å². The molecule has 0 radical (unpaired) electrons. The second kappa shape index (κ2) is 4.23. The molecular weight excluding hydrogens is 232 g/mol. The van der Waals surface area contributed by atoms with Crippen molar-refractivity contribution in [1.29, 1.82) is 5.26 Å². The van der Waals surface area contributed by atoms with Gasteiger partial charge in [0.2, 0.25) is 0 Å². The van der Waals surface area contributed by atoms with Gasteiger partial charge >= 0.3 is 0 Å². The van der Waals surface area contributed by atoms with E-state index in [0.29, 0.717) is 16.6 Å². The number of hydrogen-bond donors (Lipinski definition) is 1. The number of benzene rings is 1. The van der Waals surface area contributed by atoms with Crippen LogP contribution in [0.1, 0.15) is 31.2 Å². The second-order valence-corrected chi connectivity index (χ2v) is 5.64. The molecule has 0 saturated heterocycles. The van der Waals surface area contributed by atoms with E-state index in [4.69, 9.17) is 16.9 Å². The summed E-state index contributed by atoms with van der Waals surface area (Å²) in [6, 6.07) is 8.35. The van der Waals surface area contributed by atoms with E-state index in [1.54, 1.807) is 6.07 Å². The molecule has 3 rings (SSSR count). The Morgan fingerprint density at radius 2 is 2.18 bits per heavy atom. The zero-order valence-corrected chi connectivity index (χ0v) is 10.4. The molecule has 2 saturated carbocycles. The Kier molecular flexibility index (Phi) is 2.72. The molecule has 0 aromatic heterocycles. The minimum absolute atomic E-state index is 0.533. The van der Waals surface area contributed by atoms with E-state index in [0.717, 1.165) is 17.5 Å². The van der Waals surface area contributed by atoms with Gasteiger partial charge in [0, 0.05) is 11.7 Å². The van der Waals surface area contributed by atoms with E-state index in [2.05, 4.69) is 11.4 Å². The summed E-state index contributed by atoms with van der Waals surface area (Å²) in [5, 5.41) is 13.0. The minimum atomic E-state index is 0.533. The molecule has 2 aliphatic carbocycles. The number of rotatable bonds is 2. The average Bonchev–Trinajstić information content (AvgIpc) is 2.93. The van der Waals surface area contributed by atoms with Crippen molar-refractivity contribution >= 4 is 17.3 Å². The SMILES string of the molecule is N#Cc1cc(NC2CC3CCC2C3)ccc1Cl. The van der Waals surface area contributed by atoms with Gasteiger partial charge in [-0.3, -0.25) is 0 Å². The standard InChI is InChI=1S/C14H15ClN2/c15-13-4-3-12(7-11(13)8-16)17-14-6-9-1-2-10(14)5-9/h3-4,7,9-10,14,17H,1-2,5-6H2. The number of fused-ring (bicyclic) bond motifs is 2. The van der Waals surface area contributed by atoms with Crippen LogP contribution in [-0.4, -0.2) is 6.04 Å². The number of anilines is 1. The van der Waals surface area contributed by atoms with Crippen LogP contribution in [0, 0.1) is 23.2 Å². The van der Waals surface area contributed by atoms with Crippen molar-refractivity contribution < 1.29 is 0 Å². The Morgan fingerprint density at radius 1 is 1.29 bits per heavy atom. The van der Waals surface area contributed by atoms with Gasteiger partial charge in [-0.25, -0.2) is 0 Å². The van der Waals surface area contributed by atoms with E-state index in [9.17, 15) is 0 Å². The molecule has 3 heteroatoms. The van der Waals surface area contributed by atoms with Gasteiger partial charge in [-0.1, -0.05) is 18.0 Å². The van der Waals surface area contributed by atoms with Crippen molar-refractivity contribution in [3.63, 3.8) is 0 Å². The zero-order valence-electron chi connectivity index (χ0n) is 9.62. The number of halogens is 1. The Balaban J connectivity index is 1.75. The molecule has 0 amide bonds. The third kappa shape index (κ3) is 2.00. The van der Waals surface area contributed by atoms with E-state index in [1.807, 2.05) is 12.1 Å². The Labute approximate surface area is 107 Å². The van der Waals surface area contributed by atoms with Crippen molar-refractivity contribution in [1.82, 2.24) is 0 Å². The first kappa shape index (κ1) is 10.9. The van der Waals surface area contributed by atoms with Crippen LogP contribution in [0.3, 0.4) is 0 Å². The van der Waals surface area contributed by atoms with Crippen molar-refractivity contribution in [2.45, 2.75) is 31.7 Å². The van der Waals surface area contributed by atoms with Crippen LogP contribution in [0.2, 0.25) is 5.02 Å². The molecule has 1 N–H and O–H groups in total. The lowest BCUT2D eigenvalue weighted by Gasteiger charge is -2.24. The molecule has 3 unspecified atom stereocenters. The monoisotopic (exact) mass is 246 g/mol. The summed E-state index contributed by atoms with van der Waals surface area (Å²) in [6.45, 7) is 0. The lowest BCUT2D eigenvalue weighted by Crippen LogP contribution is -2.25. The first-order chi connectivity index (χ1) is 8.26. The van der Waals surface area contributed by atoms with Gasteiger partial charge in [0.25, 0.3) is 0 Å². The number of nitriles is 1. The summed E-state index contributed by atoms with van der Waals surface area (Å²) in [6.07, 6.45) is 5.44. The molecule has 2 aliphatic rings. The highest BCUT2D eigenvalue weighted by atomic mass is 35.5.